The summed E-state index contributed by atoms with van der Waals surface area (Å²) >= 11 is 0. The van der Waals surface area contributed by atoms with E-state index in [1.54, 1.807) is 0 Å². The smallest absolute Gasteiger partial charge is 0.193 e. The Morgan fingerprint density at radius 3 is 2.35 bits per heavy atom. The molecule has 2 fully saturated rings. The summed E-state index contributed by atoms with van der Waals surface area (Å²) in [6.45, 7) is 4.05. The zero-order chi connectivity index (χ0) is 15.6. The van der Waals surface area contributed by atoms with E-state index in [1.165, 1.54) is 57.8 Å². The predicted molar refractivity (Wildman–Crippen MR) is 109 cm³/mol. The number of hydrogen-bond acceptors (Lipinski definition) is 2. The molecule has 0 bridgehead atoms. The van der Waals surface area contributed by atoms with Crippen LogP contribution in [0.4, 0.5) is 0 Å². The molecule has 1 heterocycles. The molecule has 1 saturated carbocycles. The zero-order valence-corrected chi connectivity index (χ0v) is 17.4. The topological polar surface area (TPSA) is 36.9 Å². The van der Waals surface area contributed by atoms with Crippen LogP contribution in [0, 0.1) is 11.8 Å². The van der Waals surface area contributed by atoms with Gasteiger partial charge >= 0.3 is 0 Å². The molecule has 0 amide bonds. The van der Waals surface area contributed by atoms with Crippen molar-refractivity contribution in [2.24, 2.45) is 16.8 Å². The van der Waals surface area contributed by atoms with E-state index in [2.05, 4.69) is 22.3 Å². The molecule has 23 heavy (non-hydrogen) atoms. The van der Waals surface area contributed by atoms with Crippen LogP contribution in [0.15, 0.2) is 4.99 Å². The van der Waals surface area contributed by atoms with Crippen molar-refractivity contribution < 1.29 is 4.74 Å². The lowest BCUT2D eigenvalue weighted by Crippen LogP contribution is -2.40. The van der Waals surface area contributed by atoms with Crippen LogP contribution >= 0.6 is 24.0 Å². The molecule has 1 aliphatic heterocycles. The summed E-state index contributed by atoms with van der Waals surface area (Å²) in [5.74, 6) is 2.83. The van der Waals surface area contributed by atoms with Gasteiger partial charge in [-0.15, -0.1) is 24.0 Å². The normalized spacial score (nSPS) is 20.9. The van der Waals surface area contributed by atoms with Gasteiger partial charge in [0.25, 0.3) is 0 Å². The van der Waals surface area contributed by atoms with Crippen molar-refractivity contribution in [3.63, 3.8) is 0 Å². The first kappa shape index (κ1) is 21.0. The third-order valence-corrected chi connectivity index (χ3v) is 5.35. The van der Waals surface area contributed by atoms with Gasteiger partial charge in [-0.1, -0.05) is 32.1 Å². The zero-order valence-electron chi connectivity index (χ0n) is 15.1. The van der Waals surface area contributed by atoms with Gasteiger partial charge in [0.05, 0.1) is 0 Å². The minimum absolute atomic E-state index is 0. The highest BCUT2D eigenvalue weighted by Gasteiger charge is 2.16. The monoisotopic (exact) mass is 437 g/mol. The summed E-state index contributed by atoms with van der Waals surface area (Å²) in [5, 5.41) is 3.56. The maximum Gasteiger partial charge on any atom is 0.193 e. The number of nitrogens with one attached hydrogen (secondary N) is 1. The number of hydrogen-bond donors (Lipinski definition) is 1. The van der Waals surface area contributed by atoms with Gasteiger partial charge in [-0.05, 0) is 37.5 Å². The van der Waals surface area contributed by atoms with E-state index in [1.807, 2.05) is 7.05 Å². The van der Waals surface area contributed by atoms with E-state index >= 15 is 0 Å². The summed E-state index contributed by atoms with van der Waals surface area (Å²) in [7, 11) is 4.06. The van der Waals surface area contributed by atoms with Gasteiger partial charge in [-0.3, -0.25) is 4.99 Å². The van der Waals surface area contributed by atoms with Crippen molar-refractivity contribution in [2.75, 3.05) is 40.4 Å². The molecule has 0 atom stereocenters. The third kappa shape index (κ3) is 8.05. The van der Waals surface area contributed by atoms with E-state index in [9.17, 15) is 0 Å². The summed E-state index contributed by atoms with van der Waals surface area (Å²) in [4.78, 5) is 6.73. The average molecular weight is 437 g/mol. The maximum atomic E-state index is 5.44. The van der Waals surface area contributed by atoms with Crippen molar-refractivity contribution in [2.45, 2.75) is 57.8 Å². The molecule has 1 saturated heterocycles. The minimum Gasteiger partial charge on any atom is -0.381 e. The highest BCUT2D eigenvalue weighted by molar-refractivity contribution is 14.0. The SMILES string of the molecule is CN=C(NCCC1CCCCC1)N(C)CCC1CCOCC1.I. The molecular weight excluding hydrogens is 401 g/mol. The highest BCUT2D eigenvalue weighted by atomic mass is 127. The van der Waals surface area contributed by atoms with Crippen LogP contribution in [0.25, 0.3) is 0 Å². The number of halogens is 1. The predicted octanol–water partition coefficient (Wildman–Crippen LogP) is 3.90. The molecular formula is C18H36IN3O. The van der Waals surface area contributed by atoms with Crippen molar-refractivity contribution in [1.82, 2.24) is 10.2 Å². The van der Waals surface area contributed by atoms with Crippen LogP contribution in [-0.2, 0) is 4.74 Å². The molecule has 1 aliphatic carbocycles. The van der Waals surface area contributed by atoms with Crippen molar-refractivity contribution in [3.8, 4) is 0 Å². The molecule has 5 heteroatoms. The second kappa shape index (κ2) is 12.3. The first-order valence-corrected chi connectivity index (χ1v) is 9.29. The second-order valence-electron chi connectivity index (χ2n) is 7.03. The lowest BCUT2D eigenvalue weighted by atomic mass is 9.87. The van der Waals surface area contributed by atoms with E-state index in [4.69, 9.17) is 4.74 Å². The van der Waals surface area contributed by atoms with E-state index < -0.39 is 0 Å². The van der Waals surface area contributed by atoms with Gasteiger partial charge in [0.15, 0.2) is 5.96 Å². The summed E-state index contributed by atoms with van der Waals surface area (Å²) in [6.07, 6.45) is 12.2. The Hall–Kier alpha value is -0.0400. The fraction of sp³-hybridized carbons (Fsp3) is 0.944. The molecule has 0 unspecified atom stereocenters. The molecule has 0 spiro atoms. The lowest BCUT2D eigenvalue weighted by molar-refractivity contribution is 0.0625. The molecule has 0 aromatic carbocycles. The Kier molecular flexibility index (Phi) is 11.3. The van der Waals surface area contributed by atoms with Gasteiger partial charge in [-0.2, -0.15) is 0 Å². The first-order valence-electron chi connectivity index (χ1n) is 9.29. The Morgan fingerprint density at radius 2 is 1.70 bits per heavy atom. The van der Waals surface area contributed by atoms with Crippen LogP contribution in [0.3, 0.4) is 0 Å². The molecule has 2 rings (SSSR count). The Bertz CT molecular complexity index is 326. The lowest BCUT2D eigenvalue weighted by Gasteiger charge is -2.27. The van der Waals surface area contributed by atoms with Crippen LogP contribution in [0.2, 0.25) is 0 Å². The molecule has 1 N–H and O–H groups in total. The molecule has 136 valence electrons. The van der Waals surface area contributed by atoms with Gasteiger partial charge in [-0.25, -0.2) is 0 Å². The van der Waals surface area contributed by atoms with Gasteiger partial charge in [0.1, 0.15) is 0 Å². The number of guanidine groups is 1. The fourth-order valence-electron chi connectivity index (χ4n) is 3.77. The van der Waals surface area contributed by atoms with E-state index in [0.29, 0.717) is 0 Å². The molecule has 2 aliphatic rings. The number of ether oxygens (including phenoxy) is 1. The molecule has 4 nitrogen and oxygen atoms in total. The Morgan fingerprint density at radius 1 is 1.04 bits per heavy atom. The van der Waals surface area contributed by atoms with Crippen LogP contribution in [0.5, 0.6) is 0 Å². The van der Waals surface area contributed by atoms with Crippen molar-refractivity contribution >= 4 is 29.9 Å². The fourth-order valence-corrected chi connectivity index (χ4v) is 3.77. The maximum absolute atomic E-state index is 5.44. The van der Waals surface area contributed by atoms with Crippen LogP contribution in [-0.4, -0.2) is 51.3 Å². The largest absolute Gasteiger partial charge is 0.381 e. The summed E-state index contributed by atoms with van der Waals surface area (Å²) in [5.41, 5.74) is 0. The number of nitrogens with zero attached hydrogens (tertiary/aromatic N) is 2. The highest BCUT2D eigenvalue weighted by Crippen LogP contribution is 2.25. The molecule has 0 radical (unpaired) electrons. The van der Waals surface area contributed by atoms with E-state index in [0.717, 1.165) is 44.1 Å². The van der Waals surface area contributed by atoms with Gasteiger partial charge < -0.3 is 15.0 Å². The van der Waals surface area contributed by atoms with Crippen LogP contribution < -0.4 is 5.32 Å². The number of aliphatic imine (C=N–C) groups is 1. The third-order valence-electron chi connectivity index (χ3n) is 5.35. The van der Waals surface area contributed by atoms with Gasteiger partial charge in [0, 0.05) is 40.4 Å². The Balaban J connectivity index is 0.00000264. The first-order chi connectivity index (χ1) is 10.8. The molecule has 0 aromatic rings. The molecule has 0 aromatic heterocycles. The average Bonchev–Trinajstić information content (AvgIpc) is 2.58. The minimum atomic E-state index is 0. The summed E-state index contributed by atoms with van der Waals surface area (Å²) < 4.78 is 5.44. The Labute approximate surface area is 159 Å². The van der Waals surface area contributed by atoms with Crippen LogP contribution in [0.1, 0.15) is 57.8 Å². The number of rotatable bonds is 6. The van der Waals surface area contributed by atoms with Crippen molar-refractivity contribution in [1.29, 1.82) is 0 Å². The van der Waals surface area contributed by atoms with E-state index in [-0.39, 0.29) is 24.0 Å². The quantitative estimate of drug-likeness (QED) is 0.389. The van der Waals surface area contributed by atoms with Crippen molar-refractivity contribution in [3.05, 3.63) is 0 Å². The second-order valence-corrected chi connectivity index (χ2v) is 7.03. The summed E-state index contributed by atoms with van der Waals surface area (Å²) in [6, 6.07) is 0. The van der Waals surface area contributed by atoms with Gasteiger partial charge in [0.2, 0.25) is 0 Å². The standard InChI is InChI=1S/C18H35N3O.HI/c1-19-18(20-12-8-16-6-4-3-5-7-16)21(2)13-9-17-10-14-22-15-11-17;/h16-17H,3-15H2,1-2H3,(H,19,20);1H.